The fourth-order valence-corrected chi connectivity index (χ4v) is 1.98. The molecule has 0 bridgehead atoms. The van der Waals surface area contributed by atoms with Gasteiger partial charge in [0.05, 0.1) is 18.3 Å². The lowest BCUT2D eigenvalue weighted by Gasteiger charge is -2.04. The zero-order valence-electron chi connectivity index (χ0n) is 11.9. The van der Waals surface area contributed by atoms with Gasteiger partial charge in [-0.1, -0.05) is 15.9 Å². The van der Waals surface area contributed by atoms with Crippen LogP contribution in [0.25, 0.3) is 0 Å². The first kappa shape index (κ1) is 16.6. The topological polar surface area (TPSA) is 104 Å². The van der Waals surface area contributed by atoms with Gasteiger partial charge in [-0.15, -0.1) is 0 Å². The third-order valence-electron chi connectivity index (χ3n) is 2.72. The van der Waals surface area contributed by atoms with Crippen LogP contribution < -0.4 is 10.7 Å². The van der Waals surface area contributed by atoms with Crippen LogP contribution in [0.3, 0.4) is 0 Å². The van der Waals surface area contributed by atoms with E-state index in [1.54, 1.807) is 30.5 Å². The first-order chi connectivity index (χ1) is 11.1. The standard InChI is InChI=1S/C15H13BrN4O3/c16-12-3-4-13(21)11(6-12)8-19-20-14(22)9-18-15(23)10-2-1-5-17-7-10/h1-8,21H,9H2,(H,18,23)(H,20,22)/b19-8+. The molecule has 1 heterocycles. The average molecular weight is 377 g/mol. The van der Waals surface area contributed by atoms with Crippen molar-refractivity contribution in [2.24, 2.45) is 5.10 Å². The maximum atomic E-state index is 11.7. The number of pyridine rings is 1. The number of aromatic nitrogens is 1. The van der Waals surface area contributed by atoms with Gasteiger partial charge in [-0.25, -0.2) is 5.43 Å². The molecule has 1 aromatic heterocycles. The minimum atomic E-state index is -0.493. The van der Waals surface area contributed by atoms with Gasteiger partial charge in [-0.05, 0) is 30.3 Å². The van der Waals surface area contributed by atoms with Crippen LogP contribution in [0.2, 0.25) is 0 Å². The third-order valence-corrected chi connectivity index (χ3v) is 3.21. The van der Waals surface area contributed by atoms with Crippen LogP contribution in [0.4, 0.5) is 0 Å². The molecule has 8 heteroatoms. The highest BCUT2D eigenvalue weighted by Crippen LogP contribution is 2.19. The lowest BCUT2D eigenvalue weighted by molar-refractivity contribution is -0.120. The SMILES string of the molecule is O=C(CNC(=O)c1cccnc1)N/N=C/c1cc(Br)ccc1O. The molecule has 0 aliphatic carbocycles. The Balaban J connectivity index is 1.82. The van der Waals surface area contributed by atoms with Gasteiger partial charge in [0.25, 0.3) is 11.8 Å². The Morgan fingerprint density at radius 3 is 2.91 bits per heavy atom. The number of nitrogens with zero attached hydrogens (tertiary/aromatic N) is 2. The van der Waals surface area contributed by atoms with Crippen molar-refractivity contribution in [3.63, 3.8) is 0 Å². The molecule has 1 aromatic carbocycles. The van der Waals surface area contributed by atoms with Gasteiger partial charge < -0.3 is 10.4 Å². The van der Waals surface area contributed by atoms with E-state index in [-0.39, 0.29) is 12.3 Å². The number of halogens is 1. The summed E-state index contributed by atoms with van der Waals surface area (Å²) in [6.07, 6.45) is 4.26. The number of carbonyl (C=O) groups is 2. The number of carbonyl (C=O) groups excluding carboxylic acids is 2. The second-order valence-electron chi connectivity index (χ2n) is 4.42. The molecule has 2 amide bonds. The Hall–Kier alpha value is -2.74. The monoisotopic (exact) mass is 376 g/mol. The summed E-state index contributed by atoms with van der Waals surface area (Å²) < 4.78 is 0.770. The molecule has 0 spiro atoms. The molecule has 0 fully saturated rings. The number of phenols is 1. The van der Waals surface area contributed by atoms with Crippen molar-refractivity contribution >= 4 is 34.0 Å². The Morgan fingerprint density at radius 2 is 2.17 bits per heavy atom. The largest absolute Gasteiger partial charge is 0.507 e. The number of rotatable bonds is 5. The molecule has 0 radical (unpaired) electrons. The number of hydrazone groups is 1. The molecule has 0 aliphatic heterocycles. The minimum Gasteiger partial charge on any atom is -0.507 e. The number of hydrogen-bond donors (Lipinski definition) is 3. The van der Waals surface area contributed by atoms with Crippen molar-refractivity contribution < 1.29 is 14.7 Å². The van der Waals surface area contributed by atoms with Gasteiger partial charge >= 0.3 is 0 Å². The Kier molecular flexibility index (Phi) is 5.81. The molecule has 7 nitrogen and oxygen atoms in total. The molecule has 118 valence electrons. The van der Waals surface area contributed by atoms with Gasteiger partial charge in [-0.3, -0.25) is 14.6 Å². The van der Waals surface area contributed by atoms with Crippen LogP contribution in [0.1, 0.15) is 15.9 Å². The Labute approximate surface area is 140 Å². The maximum absolute atomic E-state index is 11.7. The van der Waals surface area contributed by atoms with Crippen LogP contribution >= 0.6 is 15.9 Å². The predicted molar refractivity (Wildman–Crippen MR) is 88.1 cm³/mol. The normalized spacial score (nSPS) is 10.5. The van der Waals surface area contributed by atoms with Crippen molar-refractivity contribution in [1.82, 2.24) is 15.7 Å². The summed E-state index contributed by atoms with van der Waals surface area (Å²) in [4.78, 5) is 27.1. The zero-order chi connectivity index (χ0) is 16.7. The van der Waals surface area contributed by atoms with Crippen LogP contribution in [0.5, 0.6) is 5.75 Å². The molecule has 3 N–H and O–H groups in total. The fourth-order valence-electron chi connectivity index (χ4n) is 1.60. The van der Waals surface area contributed by atoms with Crippen LogP contribution in [0.15, 0.2) is 52.3 Å². The first-order valence-electron chi connectivity index (χ1n) is 6.55. The smallest absolute Gasteiger partial charge is 0.259 e. The molecule has 0 unspecified atom stereocenters. The fraction of sp³-hybridized carbons (Fsp3) is 0.0667. The van der Waals surface area contributed by atoms with Crippen molar-refractivity contribution in [3.05, 3.63) is 58.3 Å². The van der Waals surface area contributed by atoms with Crippen LogP contribution in [0, 0.1) is 0 Å². The van der Waals surface area contributed by atoms with E-state index in [2.05, 4.69) is 36.8 Å². The highest BCUT2D eigenvalue weighted by atomic mass is 79.9. The molecule has 0 saturated carbocycles. The second-order valence-corrected chi connectivity index (χ2v) is 5.34. The minimum absolute atomic E-state index is 0.0380. The van der Waals surface area contributed by atoms with E-state index in [0.717, 1.165) is 4.47 Å². The van der Waals surface area contributed by atoms with E-state index < -0.39 is 11.8 Å². The molecule has 0 aliphatic rings. The molecule has 2 aromatic rings. The number of nitrogens with one attached hydrogen (secondary N) is 2. The van der Waals surface area contributed by atoms with Crippen molar-refractivity contribution in [2.75, 3.05) is 6.54 Å². The summed E-state index contributed by atoms with van der Waals surface area (Å²) in [5.41, 5.74) is 3.07. The van der Waals surface area contributed by atoms with Gasteiger partial charge in [0.1, 0.15) is 5.75 Å². The summed E-state index contributed by atoms with van der Waals surface area (Å²) in [5, 5.41) is 15.8. The van der Waals surface area contributed by atoms with Crippen LogP contribution in [-0.4, -0.2) is 34.7 Å². The number of phenolic OH excluding ortho intramolecular Hbond substituents is 1. The summed E-state index contributed by atoms with van der Waals surface area (Å²) in [6.45, 7) is -0.227. The number of amides is 2. The average Bonchev–Trinajstić information content (AvgIpc) is 2.56. The molecular weight excluding hydrogens is 364 g/mol. The van der Waals surface area contributed by atoms with Gasteiger partial charge in [0.2, 0.25) is 0 Å². The van der Waals surface area contributed by atoms with Gasteiger partial charge in [0, 0.05) is 22.4 Å². The number of hydrogen-bond acceptors (Lipinski definition) is 5. The Morgan fingerprint density at radius 1 is 1.35 bits per heavy atom. The van der Waals surface area contributed by atoms with Gasteiger partial charge in [-0.2, -0.15) is 5.10 Å². The Bertz CT molecular complexity index is 735. The summed E-state index contributed by atoms with van der Waals surface area (Å²) in [6, 6.07) is 8.05. The second kappa shape index (κ2) is 8.04. The van der Waals surface area contributed by atoms with Crippen LogP contribution in [-0.2, 0) is 4.79 Å². The summed E-state index contributed by atoms with van der Waals surface area (Å²) in [5.74, 6) is -0.856. The van der Waals surface area contributed by atoms with Crippen molar-refractivity contribution in [3.8, 4) is 5.75 Å². The van der Waals surface area contributed by atoms with E-state index in [9.17, 15) is 14.7 Å². The zero-order valence-corrected chi connectivity index (χ0v) is 13.4. The predicted octanol–water partition coefficient (Wildman–Crippen LogP) is 1.43. The quantitative estimate of drug-likeness (QED) is 0.542. The first-order valence-corrected chi connectivity index (χ1v) is 7.34. The van der Waals surface area contributed by atoms with Gasteiger partial charge in [0.15, 0.2) is 0 Å². The van der Waals surface area contributed by atoms with E-state index >= 15 is 0 Å². The van der Waals surface area contributed by atoms with E-state index in [1.165, 1.54) is 18.5 Å². The highest BCUT2D eigenvalue weighted by molar-refractivity contribution is 9.10. The molecule has 0 atom stereocenters. The lowest BCUT2D eigenvalue weighted by Crippen LogP contribution is -2.34. The molecule has 2 rings (SSSR count). The third kappa shape index (κ3) is 5.19. The molecule has 0 saturated heterocycles. The molecule has 23 heavy (non-hydrogen) atoms. The van der Waals surface area contributed by atoms with E-state index in [0.29, 0.717) is 11.1 Å². The van der Waals surface area contributed by atoms with E-state index in [1.807, 2.05) is 0 Å². The summed E-state index contributed by atoms with van der Waals surface area (Å²) in [7, 11) is 0. The lowest BCUT2D eigenvalue weighted by atomic mass is 10.2. The summed E-state index contributed by atoms with van der Waals surface area (Å²) >= 11 is 3.27. The maximum Gasteiger partial charge on any atom is 0.259 e. The highest BCUT2D eigenvalue weighted by Gasteiger charge is 2.07. The number of aromatic hydroxyl groups is 1. The number of benzene rings is 1. The van der Waals surface area contributed by atoms with E-state index in [4.69, 9.17) is 0 Å². The van der Waals surface area contributed by atoms with Crippen molar-refractivity contribution in [2.45, 2.75) is 0 Å². The van der Waals surface area contributed by atoms with Crippen molar-refractivity contribution in [1.29, 1.82) is 0 Å². The molecular formula is C15H13BrN4O3.